The van der Waals surface area contributed by atoms with Gasteiger partial charge in [0, 0.05) is 12.1 Å². The van der Waals surface area contributed by atoms with Crippen molar-refractivity contribution in [1.29, 1.82) is 0 Å². The summed E-state index contributed by atoms with van der Waals surface area (Å²) in [4.78, 5) is 5.12. The van der Waals surface area contributed by atoms with Crippen LogP contribution >= 0.6 is 0 Å². The minimum atomic E-state index is 0.00354. The average Bonchev–Trinajstić information content (AvgIpc) is 3.37. The normalized spacial score (nSPS) is 14.1. The van der Waals surface area contributed by atoms with Gasteiger partial charge in [-0.3, -0.25) is 0 Å². The zero-order valence-corrected chi connectivity index (χ0v) is 18.5. The molecular formula is C27H26N5O+. The van der Waals surface area contributed by atoms with Gasteiger partial charge in [-0.2, -0.15) is 9.67 Å². The number of aliphatic hydroxyl groups excluding tert-OH is 1. The maximum atomic E-state index is 9.54. The van der Waals surface area contributed by atoms with E-state index < -0.39 is 0 Å². The van der Waals surface area contributed by atoms with Crippen LogP contribution in [0.3, 0.4) is 0 Å². The SMILES string of the molecule is CC1=C(c2ccccc2)C(=Nc2cnn(CCO)c2NCc2ccccc2)[n+]2ccccc21. The fourth-order valence-electron chi connectivity index (χ4n) is 4.21. The number of rotatable bonds is 7. The van der Waals surface area contributed by atoms with Crippen LogP contribution < -0.4 is 9.88 Å². The fourth-order valence-corrected chi connectivity index (χ4v) is 4.21. The van der Waals surface area contributed by atoms with E-state index in [-0.39, 0.29) is 6.61 Å². The number of pyridine rings is 1. The Morgan fingerprint density at radius 2 is 1.70 bits per heavy atom. The molecule has 0 saturated carbocycles. The predicted molar refractivity (Wildman–Crippen MR) is 131 cm³/mol. The number of hydrogen-bond donors (Lipinski definition) is 2. The summed E-state index contributed by atoms with van der Waals surface area (Å²) in [6, 6.07) is 26.7. The van der Waals surface area contributed by atoms with Gasteiger partial charge >= 0.3 is 5.84 Å². The molecule has 4 aromatic rings. The van der Waals surface area contributed by atoms with Crippen molar-refractivity contribution in [3.63, 3.8) is 0 Å². The van der Waals surface area contributed by atoms with Crippen LogP contribution in [0.5, 0.6) is 0 Å². The first kappa shape index (κ1) is 20.8. The number of anilines is 1. The summed E-state index contributed by atoms with van der Waals surface area (Å²) >= 11 is 0. The van der Waals surface area contributed by atoms with Crippen molar-refractivity contribution < 1.29 is 9.67 Å². The Morgan fingerprint density at radius 1 is 0.970 bits per heavy atom. The van der Waals surface area contributed by atoms with Gasteiger partial charge in [0.15, 0.2) is 5.82 Å². The molecule has 0 aliphatic carbocycles. The van der Waals surface area contributed by atoms with E-state index in [0.29, 0.717) is 13.1 Å². The predicted octanol–water partition coefficient (Wildman–Crippen LogP) is 4.30. The molecule has 2 aromatic heterocycles. The number of benzene rings is 2. The number of aliphatic hydroxyl groups is 1. The molecule has 0 fully saturated rings. The van der Waals surface area contributed by atoms with Gasteiger partial charge in [-0.1, -0.05) is 66.7 Å². The molecule has 164 valence electrons. The summed E-state index contributed by atoms with van der Waals surface area (Å²) in [6.07, 6.45) is 3.80. The number of fused-ring (bicyclic) bond motifs is 1. The van der Waals surface area contributed by atoms with E-state index in [1.54, 1.807) is 10.9 Å². The molecule has 0 radical (unpaired) electrons. The van der Waals surface area contributed by atoms with Crippen molar-refractivity contribution in [3.05, 3.63) is 108 Å². The van der Waals surface area contributed by atoms with Gasteiger partial charge in [-0.05, 0) is 35.2 Å². The van der Waals surface area contributed by atoms with Crippen LogP contribution in [0, 0.1) is 0 Å². The molecule has 6 nitrogen and oxygen atoms in total. The van der Waals surface area contributed by atoms with Gasteiger partial charge < -0.3 is 10.4 Å². The second kappa shape index (κ2) is 9.22. The van der Waals surface area contributed by atoms with Crippen LogP contribution in [0.1, 0.15) is 23.7 Å². The number of nitrogens with zero attached hydrogens (tertiary/aromatic N) is 4. The van der Waals surface area contributed by atoms with Gasteiger partial charge in [0.1, 0.15) is 11.9 Å². The van der Waals surface area contributed by atoms with Crippen molar-refractivity contribution in [2.45, 2.75) is 20.0 Å². The number of aromatic nitrogens is 3. The van der Waals surface area contributed by atoms with E-state index in [9.17, 15) is 5.11 Å². The standard InChI is InChI=1S/C27H25N5O/c1-20-24-14-8-9-15-31(24)27(25(20)22-12-6-3-7-13-22)30-23-19-29-32(16-17-33)26(23)28-18-21-10-4-2-5-11-21/h2-15,19,33H,16-18H2,1H3/p+1. The minimum absolute atomic E-state index is 0.00354. The third kappa shape index (κ3) is 4.08. The maximum absolute atomic E-state index is 9.54. The molecule has 0 spiro atoms. The van der Waals surface area contributed by atoms with E-state index in [1.165, 1.54) is 5.57 Å². The monoisotopic (exact) mass is 436 g/mol. The molecule has 0 atom stereocenters. The Morgan fingerprint density at radius 3 is 2.45 bits per heavy atom. The highest BCUT2D eigenvalue weighted by Gasteiger charge is 2.34. The van der Waals surface area contributed by atoms with Crippen molar-refractivity contribution in [2.75, 3.05) is 11.9 Å². The van der Waals surface area contributed by atoms with E-state index in [0.717, 1.165) is 39.7 Å². The van der Waals surface area contributed by atoms with E-state index in [4.69, 9.17) is 4.99 Å². The van der Waals surface area contributed by atoms with E-state index >= 15 is 0 Å². The molecular weight excluding hydrogens is 410 g/mol. The van der Waals surface area contributed by atoms with Gasteiger partial charge in [0.05, 0.1) is 24.9 Å². The zero-order valence-electron chi connectivity index (χ0n) is 18.5. The Kier molecular flexibility index (Phi) is 5.83. The van der Waals surface area contributed by atoms with Gasteiger partial charge in [-0.15, -0.1) is 0 Å². The highest BCUT2D eigenvalue weighted by Crippen LogP contribution is 2.33. The summed E-state index contributed by atoms with van der Waals surface area (Å²) in [7, 11) is 0. The first-order valence-corrected chi connectivity index (χ1v) is 11.1. The van der Waals surface area contributed by atoms with Crippen molar-refractivity contribution in [2.24, 2.45) is 4.99 Å². The first-order valence-electron chi connectivity index (χ1n) is 11.1. The Labute approximate surface area is 193 Å². The molecule has 0 unspecified atom stereocenters. The quantitative estimate of drug-likeness (QED) is 0.425. The van der Waals surface area contributed by atoms with E-state index in [1.807, 2.05) is 54.7 Å². The third-order valence-corrected chi connectivity index (χ3v) is 5.79. The van der Waals surface area contributed by atoms with Crippen molar-refractivity contribution >= 4 is 28.5 Å². The second-order valence-electron chi connectivity index (χ2n) is 7.92. The van der Waals surface area contributed by atoms with Crippen LogP contribution in [-0.4, -0.2) is 27.3 Å². The molecule has 0 amide bonds. The van der Waals surface area contributed by atoms with Crippen molar-refractivity contribution in [1.82, 2.24) is 9.78 Å². The van der Waals surface area contributed by atoms with Gasteiger partial charge in [-0.25, -0.2) is 4.68 Å². The lowest BCUT2D eigenvalue weighted by molar-refractivity contribution is -0.553. The molecule has 0 bridgehead atoms. The lowest BCUT2D eigenvalue weighted by Gasteiger charge is -2.09. The molecule has 2 N–H and O–H groups in total. The lowest BCUT2D eigenvalue weighted by atomic mass is 10.0. The minimum Gasteiger partial charge on any atom is -0.394 e. The first-order chi connectivity index (χ1) is 16.3. The fraction of sp³-hybridized carbons (Fsp3) is 0.148. The van der Waals surface area contributed by atoms with Crippen LogP contribution in [0.4, 0.5) is 11.5 Å². The van der Waals surface area contributed by atoms with Crippen LogP contribution in [0.15, 0.2) is 96.2 Å². The van der Waals surface area contributed by atoms with Crippen molar-refractivity contribution in [3.8, 4) is 0 Å². The molecule has 2 aromatic carbocycles. The summed E-state index contributed by atoms with van der Waals surface area (Å²) in [5.74, 6) is 1.65. The molecule has 5 rings (SSSR count). The zero-order chi connectivity index (χ0) is 22.6. The summed E-state index contributed by atoms with van der Waals surface area (Å²) in [5.41, 5.74) is 6.43. The molecule has 1 aliphatic rings. The summed E-state index contributed by atoms with van der Waals surface area (Å²) < 4.78 is 3.90. The number of hydrogen-bond acceptors (Lipinski definition) is 4. The summed E-state index contributed by atoms with van der Waals surface area (Å²) in [5, 5.41) is 17.5. The maximum Gasteiger partial charge on any atom is 0.337 e. The van der Waals surface area contributed by atoms with E-state index in [2.05, 4.69) is 52.2 Å². The van der Waals surface area contributed by atoms with Crippen LogP contribution in [0.2, 0.25) is 0 Å². The molecule has 33 heavy (non-hydrogen) atoms. The molecule has 3 heterocycles. The Bertz CT molecular complexity index is 1320. The highest BCUT2D eigenvalue weighted by molar-refractivity contribution is 6.28. The van der Waals surface area contributed by atoms with Gasteiger partial charge in [0.2, 0.25) is 5.69 Å². The average molecular weight is 437 g/mol. The van der Waals surface area contributed by atoms with Crippen LogP contribution in [-0.2, 0) is 13.1 Å². The summed E-state index contributed by atoms with van der Waals surface area (Å²) in [6.45, 7) is 3.18. The van der Waals surface area contributed by atoms with Gasteiger partial charge in [0.25, 0.3) is 0 Å². The largest absolute Gasteiger partial charge is 0.394 e. The molecule has 0 saturated heterocycles. The second-order valence-corrected chi connectivity index (χ2v) is 7.92. The topological polar surface area (TPSA) is 66.3 Å². The third-order valence-electron chi connectivity index (χ3n) is 5.79. The Hall–Kier alpha value is -4.03. The molecule has 1 aliphatic heterocycles. The lowest BCUT2D eigenvalue weighted by Crippen LogP contribution is -2.42. The smallest absolute Gasteiger partial charge is 0.337 e. The van der Waals surface area contributed by atoms with Crippen LogP contribution in [0.25, 0.3) is 11.1 Å². The number of allylic oxidation sites excluding steroid dienone is 2. The number of aliphatic imine (C=N–C) groups is 1. The molecule has 6 heteroatoms. The number of nitrogens with one attached hydrogen (secondary N) is 1. The Balaban J connectivity index is 1.60. The highest BCUT2D eigenvalue weighted by atomic mass is 16.3.